The number of hydrogen-bond acceptors (Lipinski definition) is 4. The molecule has 0 saturated carbocycles. The van der Waals surface area contributed by atoms with E-state index in [2.05, 4.69) is 5.32 Å². The molecule has 2 amide bonds. The average molecular weight is 296 g/mol. The Kier molecular flexibility index (Phi) is 6.93. The fraction of sp³-hybridized carbons (Fsp3) is 0.429. The molecule has 5 nitrogen and oxygen atoms in total. The van der Waals surface area contributed by atoms with Gasteiger partial charge in [0.15, 0.2) is 0 Å². The van der Waals surface area contributed by atoms with Gasteiger partial charge in [-0.05, 0) is 18.6 Å². The summed E-state index contributed by atoms with van der Waals surface area (Å²) in [5.41, 5.74) is 0. The number of carbonyl (C=O) groups is 2. The van der Waals surface area contributed by atoms with E-state index >= 15 is 0 Å². The molecule has 0 unspecified atom stereocenters. The van der Waals surface area contributed by atoms with Crippen molar-refractivity contribution in [2.75, 3.05) is 25.9 Å². The summed E-state index contributed by atoms with van der Waals surface area (Å²) in [5, 5.41) is 12.3. The quantitative estimate of drug-likeness (QED) is 0.748. The molecule has 0 heterocycles. The van der Waals surface area contributed by atoms with E-state index in [9.17, 15) is 14.7 Å². The van der Waals surface area contributed by atoms with Crippen molar-refractivity contribution in [3.8, 4) is 5.75 Å². The van der Waals surface area contributed by atoms with Gasteiger partial charge in [0.25, 0.3) is 0 Å². The third-order valence-electron chi connectivity index (χ3n) is 2.60. The van der Waals surface area contributed by atoms with Gasteiger partial charge in [-0.15, -0.1) is 11.8 Å². The summed E-state index contributed by atoms with van der Waals surface area (Å²) in [5.74, 6) is 0.0450. The Morgan fingerprint density at radius 3 is 2.70 bits per heavy atom. The van der Waals surface area contributed by atoms with E-state index in [1.807, 2.05) is 6.92 Å². The smallest absolute Gasteiger partial charge is 0.239 e. The number of thioether (sulfide) groups is 1. The molecule has 0 saturated heterocycles. The molecule has 0 aliphatic rings. The van der Waals surface area contributed by atoms with E-state index in [0.29, 0.717) is 11.4 Å². The van der Waals surface area contributed by atoms with Crippen LogP contribution in [0.25, 0.3) is 0 Å². The van der Waals surface area contributed by atoms with Crippen LogP contribution in [0.5, 0.6) is 5.75 Å². The summed E-state index contributed by atoms with van der Waals surface area (Å²) in [4.78, 5) is 25.4. The van der Waals surface area contributed by atoms with Gasteiger partial charge in [-0.1, -0.05) is 19.1 Å². The van der Waals surface area contributed by atoms with Gasteiger partial charge in [-0.25, -0.2) is 0 Å². The molecule has 110 valence electrons. The Morgan fingerprint density at radius 1 is 1.35 bits per heavy atom. The van der Waals surface area contributed by atoms with Crippen LogP contribution >= 0.6 is 11.8 Å². The second-order valence-corrected chi connectivity index (χ2v) is 5.37. The van der Waals surface area contributed by atoms with Gasteiger partial charge in [0.1, 0.15) is 5.75 Å². The summed E-state index contributed by atoms with van der Waals surface area (Å²) < 4.78 is 0. The molecule has 1 rings (SSSR count). The zero-order chi connectivity index (χ0) is 15.0. The third-order valence-corrected chi connectivity index (χ3v) is 3.64. The van der Waals surface area contributed by atoms with Gasteiger partial charge in [-0.3, -0.25) is 9.59 Å². The number of rotatable bonds is 7. The topological polar surface area (TPSA) is 69.6 Å². The minimum atomic E-state index is -0.157. The fourth-order valence-electron chi connectivity index (χ4n) is 1.45. The van der Waals surface area contributed by atoms with E-state index in [-0.39, 0.29) is 29.9 Å². The zero-order valence-electron chi connectivity index (χ0n) is 11.8. The van der Waals surface area contributed by atoms with Crippen LogP contribution in [0, 0.1) is 0 Å². The maximum absolute atomic E-state index is 11.9. The van der Waals surface area contributed by atoms with Crippen molar-refractivity contribution in [2.45, 2.75) is 18.2 Å². The van der Waals surface area contributed by atoms with Crippen molar-refractivity contribution >= 4 is 23.6 Å². The standard InChI is InChI=1S/C14H20N2O3S/c1-3-8-15-13(18)9-16(2)14(19)10-20-12-7-5-4-6-11(12)17/h4-7,17H,3,8-10H2,1-2H3,(H,15,18). The molecule has 0 aliphatic heterocycles. The van der Waals surface area contributed by atoms with E-state index < -0.39 is 0 Å². The number of benzene rings is 1. The Bertz CT molecular complexity index is 465. The normalized spacial score (nSPS) is 10.1. The van der Waals surface area contributed by atoms with Crippen molar-refractivity contribution in [3.05, 3.63) is 24.3 Å². The molecule has 0 radical (unpaired) electrons. The molecular weight excluding hydrogens is 276 g/mol. The summed E-state index contributed by atoms with van der Waals surface area (Å²) in [6.45, 7) is 2.64. The van der Waals surface area contributed by atoms with Crippen LogP contribution in [-0.4, -0.2) is 47.7 Å². The number of nitrogens with one attached hydrogen (secondary N) is 1. The van der Waals surface area contributed by atoms with Crippen LogP contribution < -0.4 is 5.32 Å². The highest BCUT2D eigenvalue weighted by Gasteiger charge is 2.13. The SMILES string of the molecule is CCCNC(=O)CN(C)C(=O)CSc1ccccc1O. The van der Waals surface area contributed by atoms with Crippen LogP contribution in [0.1, 0.15) is 13.3 Å². The van der Waals surface area contributed by atoms with E-state index in [1.165, 1.54) is 16.7 Å². The zero-order valence-corrected chi connectivity index (χ0v) is 12.6. The molecule has 0 aromatic heterocycles. The highest BCUT2D eigenvalue weighted by Crippen LogP contribution is 2.27. The molecule has 20 heavy (non-hydrogen) atoms. The first-order valence-electron chi connectivity index (χ1n) is 6.46. The molecule has 1 aromatic rings. The van der Waals surface area contributed by atoms with Gasteiger partial charge in [-0.2, -0.15) is 0 Å². The van der Waals surface area contributed by atoms with Crippen LogP contribution in [-0.2, 0) is 9.59 Å². The summed E-state index contributed by atoms with van der Waals surface area (Å²) >= 11 is 1.26. The summed E-state index contributed by atoms with van der Waals surface area (Å²) in [7, 11) is 1.60. The lowest BCUT2D eigenvalue weighted by atomic mass is 10.3. The molecule has 0 atom stereocenters. The second kappa shape index (κ2) is 8.47. The molecule has 0 spiro atoms. The van der Waals surface area contributed by atoms with Gasteiger partial charge < -0.3 is 15.3 Å². The highest BCUT2D eigenvalue weighted by atomic mass is 32.2. The number of amides is 2. The van der Waals surface area contributed by atoms with Gasteiger partial charge >= 0.3 is 0 Å². The monoisotopic (exact) mass is 296 g/mol. The number of nitrogens with zero attached hydrogens (tertiary/aromatic N) is 1. The predicted molar refractivity (Wildman–Crippen MR) is 79.8 cm³/mol. The molecule has 1 aromatic carbocycles. The largest absolute Gasteiger partial charge is 0.507 e. The van der Waals surface area contributed by atoms with Crippen LogP contribution in [0.3, 0.4) is 0 Å². The van der Waals surface area contributed by atoms with Crippen molar-refractivity contribution in [3.63, 3.8) is 0 Å². The lowest BCUT2D eigenvalue weighted by Crippen LogP contribution is -2.39. The van der Waals surface area contributed by atoms with Crippen LogP contribution in [0.4, 0.5) is 0 Å². The lowest BCUT2D eigenvalue weighted by molar-refractivity contribution is -0.132. The van der Waals surface area contributed by atoms with Crippen molar-refractivity contribution in [2.24, 2.45) is 0 Å². The molecule has 0 fully saturated rings. The van der Waals surface area contributed by atoms with Crippen molar-refractivity contribution in [1.29, 1.82) is 0 Å². The first-order valence-corrected chi connectivity index (χ1v) is 7.44. The Morgan fingerprint density at radius 2 is 2.05 bits per heavy atom. The third kappa shape index (κ3) is 5.52. The fourth-order valence-corrected chi connectivity index (χ4v) is 2.34. The summed E-state index contributed by atoms with van der Waals surface area (Å²) in [6.07, 6.45) is 0.868. The van der Waals surface area contributed by atoms with Crippen molar-refractivity contribution < 1.29 is 14.7 Å². The average Bonchev–Trinajstić information content (AvgIpc) is 2.43. The minimum absolute atomic E-state index is 0.0557. The maximum atomic E-state index is 11.9. The maximum Gasteiger partial charge on any atom is 0.239 e. The number of para-hydroxylation sites is 1. The molecule has 0 bridgehead atoms. The highest BCUT2D eigenvalue weighted by molar-refractivity contribution is 8.00. The number of phenols is 1. The second-order valence-electron chi connectivity index (χ2n) is 4.36. The van der Waals surface area contributed by atoms with E-state index in [1.54, 1.807) is 31.3 Å². The van der Waals surface area contributed by atoms with Gasteiger partial charge in [0.05, 0.1) is 12.3 Å². The molecule has 0 aliphatic carbocycles. The minimum Gasteiger partial charge on any atom is -0.507 e. The molecular formula is C14H20N2O3S. The van der Waals surface area contributed by atoms with Crippen LogP contribution in [0.15, 0.2) is 29.2 Å². The number of carbonyl (C=O) groups excluding carboxylic acids is 2. The molecule has 6 heteroatoms. The molecule has 2 N–H and O–H groups in total. The van der Waals surface area contributed by atoms with Crippen molar-refractivity contribution in [1.82, 2.24) is 10.2 Å². The van der Waals surface area contributed by atoms with E-state index in [0.717, 1.165) is 6.42 Å². The number of hydrogen-bond donors (Lipinski definition) is 2. The van der Waals surface area contributed by atoms with Gasteiger partial charge in [0.2, 0.25) is 11.8 Å². The number of aromatic hydroxyl groups is 1. The van der Waals surface area contributed by atoms with Gasteiger partial charge in [0, 0.05) is 18.5 Å². The summed E-state index contributed by atoms with van der Waals surface area (Å²) in [6, 6.07) is 6.86. The first-order chi connectivity index (χ1) is 9.54. The van der Waals surface area contributed by atoms with Crippen LogP contribution in [0.2, 0.25) is 0 Å². The predicted octanol–water partition coefficient (Wildman–Crippen LogP) is 1.47. The lowest BCUT2D eigenvalue weighted by Gasteiger charge is -2.16. The Labute approximate surface area is 123 Å². The van der Waals surface area contributed by atoms with E-state index in [4.69, 9.17) is 0 Å². The Balaban J connectivity index is 2.39. The number of phenolic OH excluding ortho intramolecular Hbond substituents is 1. The first kappa shape index (κ1) is 16.4. The number of likely N-dealkylation sites (N-methyl/N-ethyl adjacent to an activating group) is 1. The Hall–Kier alpha value is -1.69.